The molecule has 5 heteroatoms. The highest BCUT2D eigenvalue weighted by Crippen LogP contribution is 2.62. The number of hydrogen-bond acceptors (Lipinski definition) is 0. The molecule has 11 aromatic rings. The molecule has 1 aliphatic carbocycles. The summed E-state index contributed by atoms with van der Waals surface area (Å²) in [5.74, 6) is 0. The van der Waals surface area contributed by atoms with Crippen molar-refractivity contribution in [3.05, 3.63) is 197 Å². The van der Waals surface area contributed by atoms with Crippen LogP contribution in [0.15, 0.2) is 164 Å². The van der Waals surface area contributed by atoms with Crippen LogP contribution < -0.4 is 26.8 Å². The maximum Gasteiger partial charge on any atom is 0.253 e. The first-order valence-electron chi connectivity index (χ1n) is 29.6. The quantitative estimate of drug-likeness (QED) is 0.156. The largest absolute Gasteiger partial charge is 0.310 e. The van der Waals surface area contributed by atoms with Crippen LogP contribution >= 0.6 is 0 Å². The molecule has 0 atom stereocenters. The molecule has 0 unspecified atom stereocenters. The van der Waals surface area contributed by atoms with E-state index in [2.05, 4.69) is 282 Å². The van der Waals surface area contributed by atoms with Gasteiger partial charge in [0.25, 0.3) is 6.71 Å². The monoisotopic (exact) mass is 1070 g/mol. The van der Waals surface area contributed by atoms with Gasteiger partial charge < -0.3 is 9.13 Å². The lowest BCUT2D eigenvalue weighted by Crippen LogP contribution is -2.62. The maximum absolute atomic E-state index is 2.85. The predicted molar refractivity (Wildman–Crippen MR) is 353 cm³/mol. The van der Waals surface area contributed by atoms with Gasteiger partial charge in [0.2, 0.25) is 0 Å². The second-order valence-corrected chi connectivity index (χ2v) is 40.4. The third kappa shape index (κ3) is 6.21. The number of nitrogens with zero attached hydrogens (tertiary/aromatic N) is 2. The van der Waals surface area contributed by atoms with Crippen molar-refractivity contribution in [2.24, 2.45) is 0 Å². The van der Waals surface area contributed by atoms with E-state index in [9.17, 15) is 0 Å². The van der Waals surface area contributed by atoms with Gasteiger partial charge in [-0.3, -0.25) is 0 Å². The van der Waals surface area contributed by atoms with Crippen LogP contribution in [0.5, 0.6) is 0 Å². The molecule has 0 amide bonds. The van der Waals surface area contributed by atoms with Crippen molar-refractivity contribution in [3.8, 4) is 44.9 Å². The second-order valence-electron chi connectivity index (χ2n) is 29.8. The fraction of sp³-hybridized carbons (Fsp3) is 0.280. The lowest BCUT2D eigenvalue weighted by atomic mass is 9.33. The Balaban J connectivity index is 1.20. The van der Waals surface area contributed by atoms with Gasteiger partial charge in [-0.2, -0.15) is 0 Å². The van der Waals surface area contributed by atoms with Gasteiger partial charge in [0, 0.05) is 38.6 Å². The van der Waals surface area contributed by atoms with Crippen molar-refractivity contribution in [1.29, 1.82) is 0 Å². The first-order valence-corrected chi connectivity index (χ1v) is 35.6. The van der Waals surface area contributed by atoms with Gasteiger partial charge >= 0.3 is 0 Å². The van der Waals surface area contributed by atoms with Crippen molar-refractivity contribution >= 4 is 93.1 Å². The van der Waals surface area contributed by atoms with Crippen LogP contribution in [0.2, 0.25) is 36.3 Å². The minimum Gasteiger partial charge on any atom is -0.310 e. The molecule has 4 aliphatic rings. The fourth-order valence-corrected chi connectivity index (χ4v) is 18.9. The van der Waals surface area contributed by atoms with Gasteiger partial charge in [-0.1, -0.05) is 271 Å². The Labute approximate surface area is 477 Å². The summed E-state index contributed by atoms with van der Waals surface area (Å²) < 4.78 is 5.61. The van der Waals surface area contributed by atoms with Gasteiger partial charge in [-0.05, 0) is 116 Å². The van der Waals surface area contributed by atoms with E-state index in [1.807, 2.05) is 0 Å². The predicted octanol–water partition coefficient (Wildman–Crippen LogP) is 17.1. The highest BCUT2D eigenvalue weighted by Gasteiger charge is 2.56. The summed E-state index contributed by atoms with van der Waals surface area (Å²) in [4.78, 5) is 0. The number of fused-ring (bicyclic) bond motifs is 13. The van der Waals surface area contributed by atoms with E-state index in [0.717, 1.165) is 0 Å². The van der Waals surface area contributed by atoms with Crippen molar-refractivity contribution in [2.45, 2.75) is 136 Å². The van der Waals surface area contributed by atoms with E-state index in [4.69, 9.17) is 0 Å². The Hall–Kier alpha value is -6.92. The Morgan fingerprint density at radius 2 is 0.938 bits per heavy atom. The molecule has 2 nitrogen and oxygen atoms in total. The first-order chi connectivity index (χ1) is 37.8. The highest BCUT2D eigenvalue weighted by atomic mass is 28.3. The number of hydrogen-bond donors (Lipinski definition) is 0. The van der Waals surface area contributed by atoms with Crippen molar-refractivity contribution in [1.82, 2.24) is 9.13 Å². The zero-order valence-corrected chi connectivity index (χ0v) is 52.1. The van der Waals surface area contributed by atoms with Crippen molar-refractivity contribution < 1.29 is 0 Å². The Kier molecular flexibility index (Phi) is 9.85. The summed E-state index contributed by atoms with van der Waals surface area (Å²) in [7, 11) is -4.30. The molecular formula is C75H75BN2Si2. The van der Waals surface area contributed by atoms with E-state index >= 15 is 0 Å². The summed E-state index contributed by atoms with van der Waals surface area (Å²) in [5, 5.41) is 10.1. The molecular weight excluding hydrogens is 996 g/mol. The van der Waals surface area contributed by atoms with Crippen LogP contribution in [-0.4, -0.2) is 32.0 Å². The van der Waals surface area contributed by atoms with E-state index in [-0.39, 0.29) is 27.6 Å². The molecule has 0 bridgehead atoms. The van der Waals surface area contributed by atoms with E-state index in [1.54, 1.807) is 10.4 Å². The molecule has 3 aliphatic heterocycles. The number of rotatable bonds is 4. The minimum absolute atomic E-state index is 0.0162. The van der Waals surface area contributed by atoms with E-state index < -0.39 is 21.6 Å². The molecule has 80 heavy (non-hydrogen) atoms. The van der Waals surface area contributed by atoms with Gasteiger partial charge in [-0.25, -0.2) is 0 Å². The molecule has 2 aromatic heterocycles. The maximum atomic E-state index is 2.85. The van der Waals surface area contributed by atoms with E-state index in [1.165, 1.54) is 138 Å². The summed E-state index contributed by atoms with van der Waals surface area (Å²) in [6.45, 7) is 39.5. The Morgan fingerprint density at radius 3 is 1.51 bits per heavy atom. The topological polar surface area (TPSA) is 9.86 Å². The molecule has 0 N–H and O–H groups in total. The second kappa shape index (κ2) is 15.7. The molecule has 0 fully saturated rings. The van der Waals surface area contributed by atoms with Crippen LogP contribution in [0.4, 0.5) is 0 Å². The van der Waals surface area contributed by atoms with Crippen LogP contribution in [-0.2, 0) is 16.2 Å². The average molecular weight is 1070 g/mol. The summed E-state index contributed by atoms with van der Waals surface area (Å²) in [6.07, 6.45) is 0. The molecule has 0 saturated heterocycles. The fourth-order valence-electron chi connectivity index (χ4n) is 15.2. The third-order valence-corrected chi connectivity index (χ3v) is 32.5. The van der Waals surface area contributed by atoms with Gasteiger partial charge in [0.1, 0.15) is 0 Å². The van der Waals surface area contributed by atoms with Crippen LogP contribution in [0.25, 0.3) is 88.4 Å². The molecule has 9 aromatic carbocycles. The molecule has 0 radical (unpaired) electrons. The first kappa shape index (κ1) is 50.1. The van der Waals surface area contributed by atoms with Crippen LogP contribution in [0.1, 0.15) is 116 Å². The lowest BCUT2D eigenvalue weighted by molar-refractivity contribution is 0.590. The SMILES string of the molecule is CC(C)(C)c1ccc(-c2c(-c3ccc(C(C)(C)C)cc3)n3c4c(c5ccccc5cc24)B2c4c-3ccc3c4-n4c5c2cc([Si](C)(C)C(C)(C)C)cc5c2cc([Si](C)(C)C(C)(C)C)cc(c24)C32c3ccccc3-c3ccccc32)cc1. The Morgan fingerprint density at radius 1 is 0.412 bits per heavy atom. The van der Waals surface area contributed by atoms with Crippen LogP contribution in [0.3, 0.4) is 0 Å². The third-order valence-electron chi connectivity index (χ3n) is 21.6. The average Bonchev–Trinajstić information content (AvgIpc) is 1.65. The highest BCUT2D eigenvalue weighted by molar-refractivity contribution is 7.02. The molecule has 15 rings (SSSR count). The molecule has 396 valence electrons. The van der Waals surface area contributed by atoms with Gasteiger partial charge in [-0.15, -0.1) is 0 Å². The molecule has 5 heterocycles. The summed E-state index contributed by atoms with van der Waals surface area (Å²) >= 11 is 0. The van der Waals surface area contributed by atoms with Crippen molar-refractivity contribution in [3.63, 3.8) is 0 Å². The number of benzene rings is 9. The standard InChI is InChI=1S/C75H75BN2Si2/c1-71(2,3)47-33-29-44(30-34-47)63-56-39-46-23-17-18-24-51(46)64-69(56)77(66(63)45-31-35-48(36-32-45)72(4,5)6)62-38-37-59-70-65(62)76(64)61-43-50(80(15,16)74(10,11)12)41-55-54-40-49(79(13,14)73(7,8)9)42-60(67(54)78(70)68(55)61)75(59)57-27-21-19-25-52(57)53-26-20-22-28-58(53)75/h17-43H,1-16H3. The molecule has 1 spiro atoms. The smallest absolute Gasteiger partial charge is 0.253 e. The summed E-state index contributed by atoms with van der Waals surface area (Å²) in [5.41, 5.74) is 26.7. The lowest BCUT2D eigenvalue weighted by Gasteiger charge is -2.45. The minimum atomic E-state index is -2.16. The van der Waals surface area contributed by atoms with E-state index in [0.29, 0.717) is 0 Å². The number of aromatic nitrogens is 2. The summed E-state index contributed by atoms with van der Waals surface area (Å²) in [6, 6.07) is 66.3. The normalized spacial score (nSPS) is 15.1. The zero-order valence-electron chi connectivity index (χ0n) is 50.1. The Bertz CT molecular complexity index is 4500. The van der Waals surface area contributed by atoms with Gasteiger partial charge in [0.05, 0.1) is 38.3 Å². The van der Waals surface area contributed by atoms with Crippen LogP contribution in [0, 0.1) is 0 Å². The zero-order chi connectivity index (χ0) is 55.9. The van der Waals surface area contributed by atoms with Crippen molar-refractivity contribution in [2.75, 3.05) is 0 Å². The van der Waals surface area contributed by atoms with Gasteiger partial charge in [0.15, 0.2) is 0 Å². The molecule has 0 saturated carbocycles.